The van der Waals surface area contributed by atoms with Gasteiger partial charge in [-0.1, -0.05) is 11.6 Å². The zero-order valence-corrected chi connectivity index (χ0v) is 18.3. The minimum absolute atomic E-state index is 0.0425. The summed E-state index contributed by atoms with van der Waals surface area (Å²) in [6, 6.07) is 8.54. The molecule has 0 spiro atoms. The molecule has 4 rings (SSSR count). The Balaban J connectivity index is 1.39. The molecule has 0 aromatic heterocycles. The van der Waals surface area contributed by atoms with Gasteiger partial charge >= 0.3 is 0 Å². The largest absolute Gasteiger partial charge is 0.494 e. The molecule has 31 heavy (non-hydrogen) atoms. The molecule has 0 unspecified atom stereocenters. The molecule has 2 aliphatic rings. The summed E-state index contributed by atoms with van der Waals surface area (Å²) in [6.45, 7) is 3.83. The molecule has 3 N–H and O–H groups in total. The van der Waals surface area contributed by atoms with Gasteiger partial charge in [0.1, 0.15) is 11.6 Å². The predicted octanol–water partition coefficient (Wildman–Crippen LogP) is 4.21. The van der Waals surface area contributed by atoms with Gasteiger partial charge in [0.15, 0.2) is 0 Å². The zero-order chi connectivity index (χ0) is 22.0. The number of hydrogen-bond acceptors (Lipinski definition) is 5. The first-order chi connectivity index (χ1) is 14.9. The average molecular weight is 448 g/mol. The number of nitrogens with one attached hydrogen (secondary N) is 2. The highest BCUT2D eigenvalue weighted by Gasteiger charge is 2.33. The van der Waals surface area contributed by atoms with Crippen LogP contribution in [0, 0.1) is 5.82 Å². The maximum absolute atomic E-state index is 14.5. The van der Waals surface area contributed by atoms with Crippen LogP contribution in [0.25, 0.3) is 0 Å². The topological polar surface area (TPSA) is 73.8 Å². The number of amides is 1. The van der Waals surface area contributed by atoms with E-state index in [0.29, 0.717) is 74.1 Å². The first-order valence-corrected chi connectivity index (χ1v) is 11.0. The average Bonchev–Trinajstić information content (AvgIpc) is 2.75. The van der Waals surface area contributed by atoms with Gasteiger partial charge in [-0.15, -0.1) is 0 Å². The molecular formula is C23H27ClFN3O3. The molecule has 0 saturated carbocycles. The first kappa shape index (κ1) is 21.7. The lowest BCUT2D eigenvalue weighted by Crippen LogP contribution is -2.48. The summed E-state index contributed by atoms with van der Waals surface area (Å²) < 4.78 is 19.9. The number of anilines is 3. The number of piperidine rings is 1. The van der Waals surface area contributed by atoms with Crippen molar-refractivity contribution in [3.63, 3.8) is 0 Å². The van der Waals surface area contributed by atoms with E-state index in [1.807, 2.05) is 17.9 Å². The molecule has 2 aromatic carbocycles. The highest BCUT2D eigenvalue weighted by Crippen LogP contribution is 2.36. The zero-order valence-electron chi connectivity index (χ0n) is 17.5. The molecule has 0 aliphatic carbocycles. The molecule has 0 atom stereocenters. The summed E-state index contributed by atoms with van der Waals surface area (Å²) in [4.78, 5) is 13.7. The summed E-state index contributed by atoms with van der Waals surface area (Å²) in [5, 5.41) is 17.8. The minimum atomic E-state index is -0.900. The minimum Gasteiger partial charge on any atom is -0.494 e. The SMILES string of the molecule is CCOc1ccc(N2CCC(O)(CNc3ccc(Cl)c4c3CCC(=O)N4)CC2)c(F)c1. The number of aliphatic hydroxyl groups is 1. The van der Waals surface area contributed by atoms with Crippen molar-refractivity contribution in [2.75, 3.05) is 41.8 Å². The van der Waals surface area contributed by atoms with Crippen LogP contribution in [0.1, 0.15) is 31.7 Å². The van der Waals surface area contributed by atoms with Crippen LogP contribution in [0.3, 0.4) is 0 Å². The Morgan fingerprint density at radius 2 is 2.03 bits per heavy atom. The molecule has 6 nitrogen and oxygen atoms in total. The Kier molecular flexibility index (Phi) is 6.25. The van der Waals surface area contributed by atoms with E-state index in [0.717, 1.165) is 11.3 Å². The molecule has 8 heteroatoms. The van der Waals surface area contributed by atoms with Crippen LogP contribution in [0.15, 0.2) is 30.3 Å². The maximum atomic E-state index is 14.5. The molecular weight excluding hydrogens is 421 g/mol. The van der Waals surface area contributed by atoms with Crippen molar-refractivity contribution in [3.05, 3.63) is 46.7 Å². The number of nitrogens with zero attached hydrogens (tertiary/aromatic N) is 1. The van der Waals surface area contributed by atoms with Crippen LogP contribution in [0.5, 0.6) is 5.75 Å². The third-order valence-electron chi connectivity index (χ3n) is 6.00. The van der Waals surface area contributed by atoms with Crippen LogP contribution >= 0.6 is 11.6 Å². The van der Waals surface area contributed by atoms with Crippen LogP contribution in [-0.4, -0.2) is 42.9 Å². The van der Waals surface area contributed by atoms with E-state index in [9.17, 15) is 14.3 Å². The summed E-state index contributed by atoms with van der Waals surface area (Å²) in [5.41, 5.74) is 2.11. The number of hydrogen-bond donors (Lipinski definition) is 3. The van der Waals surface area contributed by atoms with Crippen molar-refractivity contribution in [3.8, 4) is 5.75 Å². The third kappa shape index (κ3) is 4.72. The van der Waals surface area contributed by atoms with Gasteiger partial charge in [-0.25, -0.2) is 4.39 Å². The Bertz CT molecular complexity index is 977. The van der Waals surface area contributed by atoms with Gasteiger partial charge in [-0.2, -0.15) is 0 Å². The maximum Gasteiger partial charge on any atom is 0.224 e. The summed E-state index contributed by atoms with van der Waals surface area (Å²) in [7, 11) is 0. The summed E-state index contributed by atoms with van der Waals surface area (Å²) in [5.74, 6) is 0.160. The highest BCUT2D eigenvalue weighted by molar-refractivity contribution is 6.34. The van der Waals surface area contributed by atoms with Gasteiger partial charge in [0.05, 0.1) is 28.6 Å². The molecule has 0 bridgehead atoms. The van der Waals surface area contributed by atoms with E-state index in [2.05, 4.69) is 10.6 Å². The number of halogens is 2. The summed E-state index contributed by atoms with van der Waals surface area (Å²) in [6.07, 6.45) is 2.04. The number of fused-ring (bicyclic) bond motifs is 1. The van der Waals surface area contributed by atoms with Crippen LogP contribution < -0.4 is 20.3 Å². The first-order valence-electron chi connectivity index (χ1n) is 10.6. The number of rotatable bonds is 6. The molecule has 166 valence electrons. The van der Waals surface area contributed by atoms with Crippen molar-refractivity contribution in [2.24, 2.45) is 0 Å². The van der Waals surface area contributed by atoms with E-state index in [1.54, 1.807) is 18.2 Å². The lowest BCUT2D eigenvalue weighted by atomic mass is 9.90. The van der Waals surface area contributed by atoms with Gasteiger partial charge in [-0.05, 0) is 50.5 Å². The molecule has 2 aliphatic heterocycles. The fourth-order valence-corrected chi connectivity index (χ4v) is 4.45. The van der Waals surface area contributed by atoms with E-state index in [1.165, 1.54) is 6.07 Å². The Morgan fingerprint density at radius 3 is 2.74 bits per heavy atom. The summed E-state index contributed by atoms with van der Waals surface area (Å²) >= 11 is 6.23. The highest BCUT2D eigenvalue weighted by atomic mass is 35.5. The number of carbonyl (C=O) groups is 1. The second kappa shape index (κ2) is 8.93. The normalized spacial score (nSPS) is 17.7. The van der Waals surface area contributed by atoms with Crippen LogP contribution in [0.4, 0.5) is 21.5 Å². The van der Waals surface area contributed by atoms with E-state index in [-0.39, 0.29) is 11.7 Å². The Morgan fingerprint density at radius 1 is 1.26 bits per heavy atom. The quantitative estimate of drug-likeness (QED) is 0.618. The number of carbonyl (C=O) groups excluding carboxylic acids is 1. The Hall–Kier alpha value is -2.51. The van der Waals surface area contributed by atoms with Gasteiger partial charge in [0.25, 0.3) is 0 Å². The molecule has 2 aromatic rings. The molecule has 2 heterocycles. The van der Waals surface area contributed by atoms with Gasteiger partial charge in [0, 0.05) is 43.4 Å². The molecule has 1 amide bonds. The van der Waals surface area contributed by atoms with Gasteiger partial charge in [-0.3, -0.25) is 4.79 Å². The second-order valence-corrected chi connectivity index (χ2v) is 8.52. The number of ether oxygens (including phenoxy) is 1. The van der Waals surface area contributed by atoms with Crippen molar-refractivity contribution in [1.29, 1.82) is 0 Å². The third-order valence-corrected chi connectivity index (χ3v) is 6.32. The van der Waals surface area contributed by atoms with Crippen molar-refractivity contribution in [1.82, 2.24) is 0 Å². The van der Waals surface area contributed by atoms with Crippen LogP contribution in [-0.2, 0) is 11.2 Å². The van der Waals surface area contributed by atoms with Gasteiger partial charge in [0.2, 0.25) is 5.91 Å². The van der Waals surface area contributed by atoms with Crippen molar-refractivity contribution < 1.29 is 19.0 Å². The monoisotopic (exact) mass is 447 g/mol. The molecule has 1 fully saturated rings. The van der Waals surface area contributed by atoms with Gasteiger partial charge < -0.3 is 25.4 Å². The lowest BCUT2D eigenvalue weighted by Gasteiger charge is -2.40. The van der Waals surface area contributed by atoms with Crippen LogP contribution in [0.2, 0.25) is 5.02 Å². The number of benzene rings is 2. The fourth-order valence-electron chi connectivity index (χ4n) is 4.22. The van der Waals surface area contributed by atoms with E-state index in [4.69, 9.17) is 16.3 Å². The lowest BCUT2D eigenvalue weighted by molar-refractivity contribution is -0.116. The van der Waals surface area contributed by atoms with E-state index < -0.39 is 5.60 Å². The Labute approximate surface area is 186 Å². The molecule has 0 radical (unpaired) electrons. The van der Waals surface area contributed by atoms with Crippen molar-refractivity contribution >= 4 is 34.6 Å². The standard InChI is InChI=1S/C23H27ClFN3O3/c1-2-31-15-3-7-20(18(25)13-15)28-11-9-23(30,10-12-28)14-26-19-6-5-17(24)22-16(19)4-8-21(29)27-22/h3,5-7,13,26,30H,2,4,8-12,14H2,1H3,(H,27,29). The fraction of sp³-hybridized carbons (Fsp3) is 0.435. The predicted molar refractivity (Wildman–Crippen MR) is 121 cm³/mol. The smallest absolute Gasteiger partial charge is 0.224 e. The van der Waals surface area contributed by atoms with Crippen molar-refractivity contribution in [2.45, 2.75) is 38.2 Å². The molecule has 1 saturated heterocycles. The van der Waals surface area contributed by atoms with E-state index >= 15 is 0 Å². The second-order valence-electron chi connectivity index (χ2n) is 8.11.